The first-order chi connectivity index (χ1) is 13.6. The second-order valence-corrected chi connectivity index (χ2v) is 7.36. The highest BCUT2D eigenvalue weighted by Gasteiger charge is 2.20. The van der Waals surface area contributed by atoms with Crippen molar-refractivity contribution in [2.75, 3.05) is 0 Å². The van der Waals surface area contributed by atoms with Crippen molar-refractivity contribution in [3.8, 4) is 11.4 Å². The molecule has 0 unspecified atom stereocenters. The minimum Gasteiger partial charge on any atom is -0.351 e. The lowest BCUT2D eigenvalue weighted by Gasteiger charge is -2.13. The Morgan fingerprint density at radius 1 is 1.32 bits per heavy atom. The number of hydrogen-bond acceptors (Lipinski definition) is 5. The number of nitrogens with one attached hydrogen (secondary N) is 1. The van der Waals surface area contributed by atoms with Gasteiger partial charge in [0.2, 0.25) is 5.91 Å². The van der Waals surface area contributed by atoms with E-state index < -0.39 is 0 Å². The van der Waals surface area contributed by atoms with Gasteiger partial charge in [0, 0.05) is 31.0 Å². The van der Waals surface area contributed by atoms with Crippen LogP contribution in [0.5, 0.6) is 0 Å². The summed E-state index contributed by atoms with van der Waals surface area (Å²) in [6.07, 6.45) is 5.17. The van der Waals surface area contributed by atoms with Crippen LogP contribution in [0.3, 0.4) is 0 Å². The maximum Gasteiger partial charge on any atom is 0.233 e. The molecular weight excluding hydrogens is 377 g/mol. The molecule has 0 bridgehead atoms. The van der Waals surface area contributed by atoms with E-state index in [0.717, 1.165) is 11.1 Å². The molecule has 1 N–H and O–H groups in total. The number of carbonyl (C=O) groups excluding carboxylic acids is 1. The van der Waals surface area contributed by atoms with E-state index in [1.165, 1.54) is 23.9 Å². The van der Waals surface area contributed by atoms with Crippen LogP contribution in [0.1, 0.15) is 12.5 Å². The topological polar surface area (TPSA) is 72.7 Å². The van der Waals surface area contributed by atoms with Crippen molar-refractivity contribution in [3.05, 3.63) is 72.8 Å². The maximum absolute atomic E-state index is 13.0. The largest absolute Gasteiger partial charge is 0.351 e. The van der Waals surface area contributed by atoms with E-state index in [9.17, 15) is 9.18 Å². The molecule has 144 valence electrons. The second-order valence-electron chi connectivity index (χ2n) is 6.05. The normalized spacial score (nSPS) is 11.8. The van der Waals surface area contributed by atoms with Crippen molar-refractivity contribution < 1.29 is 9.18 Å². The predicted molar refractivity (Wildman–Crippen MR) is 107 cm³/mol. The Kier molecular flexibility index (Phi) is 6.54. The van der Waals surface area contributed by atoms with Gasteiger partial charge in [-0.05, 0) is 36.8 Å². The zero-order valence-corrected chi connectivity index (χ0v) is 16.2. The molecule has 0 saturated heterocycles. The number of hydrogen-bond donors (Lipinski definition) is 1. The summed E-state index contributed by atoms with van der Waals surface area (Å²) in [5, 5.41) is 11.6. The zero-order valence-electron chi connectivity index (χ0n) is 15.4. The standard InChI is InChI=1S/C20H20FN5OS/c1-3-11-26-18(16-5-4-10-22-13-16)24-25-20(26)28-14(2)19(27)23-12-15-6-8-17(21)9-7-15/h3-10,13-14H,1,11-12H2,2H3,(H,23,27)/t14-/m1/s1. The lowest BCUT2D eigenvalue weighted by atomic mass is 10.2. The Balaban J connectivity index is 1.68. The highest BCUT2D eigenvalue weighted by Crippen LogP contribution is 2.26. The van der Waals surface area contributed by atoms with Gasteiger partial charge in [-0.15, -0.1) is 16.8 Å². The fraction of sp³-hybridized carbons (Fsp3) is 0.200. The Bertz CT molecular complexity index is 943. The first-order valence-corrected chi connectivity index (χ1v) is 9.59. The molecule has 3 rings (SSSR count). The quantitative estimate of drug-likeness (QED) is 0.465. The van der Waals surface area contributed by atoms with Crippen LogP contribution in [-0.2, 0) is 17.9 Å². The van der Waals surface area contributed by atoms with Crippen LogP contribution in [-0.4, -0.2) is 30.9 Å². The molecule has 1 amide bonds. The molecule has 0 aliphatic carbocycles. The van der Waals surface area contributed by atoms with Gasteiger partial charge in [0.25, 0.3) is 0 Å². The van der Waals surface area contributed by atoms with Gasteiger partial charge in [-0.25, -0.2) is 4.39 Å². The van der Waals surface area contributed by atoms with E-state index >= 15 is 0 Å². The fourth-order valence-electron chi connectivity index (χ4n) is 2.52. The van der Waals surface area contributed by atoms with Crippen molar-refractivity contribution in [3.63, 3.8) is 0 Å². The average Bonchev–Trinajstić information content (AvgIpc) is 3.10. The minimum absolute atomic E-state index is 0.134. The van der Waals surface area contributed by atoms with Gasteiger partial charge < -0.3 is 5.32 Å². The molecule has 0 saturated carbocycles. The summed E-state index contributed by atoms with van der Waals surface area (Å²) in [4.78, 5) is 16.6. The third kappa shape index (κ3) is 4.83. The second kappa shape index (κ2) is 9.27. The van der Waals surface area contributed by atoms with Gasteiger partial charge in [-0.3, -0.25) is 14.3 Å². The third-order valence-electron chi connectivity index (χ3n) is 3.98. The Hall–Kier alpha value is -3.00. The number of halogens is 1. The van der Waals surface area contributed by atoms with Crippen LogP contribution in [0.4, 0.5) is 4.39 Å². The summed E-state index contributed by atoms with van der Waals surface area (Å²) in [5.41, 5.74) is 1.68. The molecule has 6 nitrogen and oxygen atoms in total. The monoisotopic (exact) mass is 397 g/mol. The van der Waals surface area contributed by atoms with Gasteiger partial charge in [0.1, 0.15) is 5.82 Å². The van der Waals surface area contributed by atoms with Gasteiger partial charge in [0.15, 0.2) is 11.0 Å². The predicted octanol–water partition coefficient (Wildman–Crippen LogP) is 3.46. The molecule has 2 heterocycles. The molecule has 3 aromatic rings. The van der Waals surface area contributed by atoms with E-state index in [2.05, 4.69) is 27.1 Å². The highest BCUT2D eigenvalue weighted by molar-refractivity contribution is 8.00. The van der Waals surface area contributed by atoms with Crippen molar-refractivity contribution in [1.29, 1.82) is 0 Å². The van der Waals surface area contributed by atoms with Gasteiger partial charge in [0.05, 0.1) is 5.25 Å². The van der Waals surface area contributed by atoms with Crippen LogP contribution in [0.25, 0.3) is 11.4 Å². The lowest BCUT2D eigenvalue weighted by Crippen LogP contribution is -2.30. The van der Waals surface area contributed by atoms with E-state index in [1.807, 2.05) is 16.7 Å². The minimum atomic E-state index is -0.380. The number of benzene rings is 1. The number of rotatable bonds is 8. The van der Waals surface area contributed by atoms with Crippen molar-refractivity contribution in [1.82, 2.24) is 25.1 Å². The number of amides is 1. The van der Waals surface area contributed by atoms with Crippen LogP contribution >= 0.6 is 11.8 Å². The van der Waals surface area contributed by atoms with Crippen LogP contribution in [0.2, 0.25) is 0 Å². The molecule has 0 aliphatic heterocycles. The Labute approximate surface area is 166 Å². The molecule has 2 aromatic heterocycles. The molecule has 8 heteroatoms. The highest BCUT2D eigenvalue weighted by atomic mass is 32.2. The summed E-state index contributed by atoms with van der Waals surface area (Å²) in [7, 11) is 0. The Morgan fingerprint density at radius 2 is 2.11 bits per heavy atom. The van der Waals surface area contributed by atoms with Crippen molar-refractivity contribution in [2.24, 2.45) is 0 Å². The zero-order chi connectivity index (χ0) is 19.9. The first-order valence-electron chi connectivity index (χ1n) is 8.71. The smallest absolute Gasteiger partial charge is 0.233 e. The van der Waals surface area contributed by atoms with Crippen molar-refractivity contribution >= 4 is 17.7 Å². The average molecular weight is 397 g/mol. The van der Waals surface area contributed by atoms with Gasteiger partial charge >= 0.3 is 0 Å². The van der Waals surface area contributed by atoms with Crippen LogP contribution in [0, 0.1) is 5.82 Å². The number of aromatic nitrogens is 4. The molecule has 0 fully saturated rings. The summed E-state index contributed by atoms with van der Waals surface area (Å²) >= 11 is 1.32. The summed E-state index contributed by atoms with van der Waals surface area (Å²) in [5.74, 6) is 0.241. The molecule has 0 spiro atoms. The van der Waals surface area contributed by atoms with E-state index in [-0.39, 0.29) is 17.0 Å². The van der Waals surface area contributed by atoms with E-state index in [0.29, 0.717) is 24.1 Å². The summed E-state index contributed by atoms with van der Waals surface area (Å²) in [6, 6.07) is 9.78. The molecule has 1 atom stereocenters. The Morgan fingerprint density at radius 3 is 2.79 bits per heavy atom. The maximum atomic E-state index is 13.0. The van der Waals surface area contributed by atoms with Crippen LogP contribution < -0.4 is 5.32 Å². The fourth-order valence-corrected chi connectivity index (χ4v) is 3.41. The summed E-state index contributed by atoms with van der Waals surface area (Å²) in [6.45, 7) is 6.45. The number of carbonyl (C=O) groups is 1. The van der Waals surface area contributed by atoms with E-state index in [4.69, 9.17) is 0 Å². The molecule has 0 radical (unpaired) electrons. The number of allylic oxidation sites excluding steroid dienone is 1. The van der Waals surface area contributed by atoms with Gasteiger partial charge in [-0.1, -0.05) is 30.0 Å². The molecule has 1 aromatic carbocycles. The number of pyridine rings is 1. The van der Waals surface area contributed by atoms with Crippen molar-refractivity contribution in [2.45, 2.75) is 30.4 Å². The SMILES string of the molecule is C=CCn1c(S[C@H](C)C(=O)NCc2ccc(F)cc2)nnc1-c1cccnc1. The molecular formula is C20H20FN5OS. The lowest BCUT2D eigenvalue weighted by molar-refractivity contribution is -0.120. The summed E-state index contributed by atoms with van der Waals surface area (Å²) < 4.78 is 14.9. The van der Waals surface area contributed by atoms with Crippen LogP contribution in [0.15, 0.2) is 66.6 Å². The van der Waals surface area contributed by atoms with Gasteiger partial charge in [-0.2, -0.15) is 0 Å². The first kappa shape index (κ1) is 19.8. The third-order valence-corrected chi connectivity index (χ3v) is 5.06. The number of thioether (sulfide) groups is 1. The molecule has 0 aliphatic rings. The molecule has 28 heavy (non-hydrogen) atoms. The van der Waals surface area contributed by atoms with E-state index in [1.54, 1.807) is 37.5 Å². The number of nitrogens with zero attached hydrogens (tertiary/aromatic N) is 4.